The second-order valence-corrected chi connectivity index (χ2v) is 7.33. The van der Waals surface area contributed by atoms with Gasteiger partial charge in [0.05, 0.1) is 13.2 Å². The summed E-state index contributed by atoms with van der Waals surface area (Å²) in [5.74, 6) is 0.558. The Labute approximate surface area is 127 Å². The summed E-state index contributed by atoms with van der Waals surface area (Å²) in [5.41, 5.74) is 0.0253. The smallest absolute Gasteiger partial charge is 0.225 e. The van der Waals surface area contributed by atoms with E-state index in [4.69, 9.17) is 4.74 Å². The second-order valence-electron chi connectivity index (χ2n) is 7.33. The molecule has 0 unspecified atom stereocenters. The molecule has 21 heavy (non-hydrogen) atoms. The van der Waals surface area contributed by atoms with Crippen molar-refractivity contribution in [3.63, 3.8) is 0 Å². The van der Waals surface area contributed by atoms with E-state index in [2.05, 4.69) is 20.8 Å². The minimum absolute atomic E-state index is 0.0253. The maximum Gasteiger partial charge on any atom is 0.225 e. The fraction of sp³-hybridized carbons (Fsp3) is 0.875. The number of carbonyl (C=O) groups is 2. The predicted octanol–water partition coefficient (Wildman–Crippen LogP) is 1.52. The van der Waals surface area contributed by atoms with E-state index in [1.807, 2.05) is 9.80 Å². The predicted molar refractivity (Wildman–Crippen MR) is 80.8 cm³/mol. The molecule has 0 aromatic carbocycles. The molecule has 5 heteroatoms. The van der Waals surface area contributed by atoms with Gasteiger partial charge in [0.1, 0.15) is 0 Å². The van der Waals surface area contributed by atoms with E-state index in [0.717, 1.165) is 25.9 Å². The third-order valence-electron chi connectivity index (χ3n) is 4.20. The van der Waals surface area contributed by atoms with Crippen LogP contribution in [0.3, 0.4) is 0 Å². The van der Waals surface area contributed by atoms with Gasteiger partial charge in [0.2, 0.25) is 11.8 Å². The molecule has 2 aliphatic heterocycles. The fourth-order valence-corrected chi connectivity index (χ4v) is 2.98. The largest absolute Gasteiger partial charge is 0.378 e. The van der Waals surface area contributed by atoms with Crippen molar-refractivity contribution in [2.45, 2.75) is 40.0 Å². The highest BCUT2D eigenvalue weighted by Crippen LogP contribution is 2.24. The normalized spacial score (nSPS) is 21.5. The van der Waals surface area contributed by atoms with Gasteiger partial charge in [-0.3, -0.25) is 9.59 Å². The van der Waals surface area contributed by atoms with Crippen LogP contribution in [0.4, 0.5) is 0 Å². The van der Waals surface area contributed by atoms with Crippen LogP contribution in [0.5, 0.6) is 0 Å². The van der Waals surface area contributed by atoms with Crippen LogP contribution in [0.2, 0.25) is 0 Å². The number of morpholine rings is 1. The number of likely N-dealkylation sites (tertiary alicyclic amines) is 1. The van der Waals surface area contributed by atoms with E-state index >= 15 is 0 Å². The number of nitrogens with zero attached hydrogens (tertiary/aromatic N) is 2. The van der Waals surface area contributed by atoms with E-state index in [0.29, 0.717) is 32.7 Å². The quantitative estimate of drug-likeness (QED) is 0.776. The molecule has 2 saturated heterocycles. The van der Waals surface area contributed by atoms with Crippen LogP contribution in [-0.4, -0.2) is 61.0 Å². The highest BCUT2D eigenvalue weighted by atomic mass is 16.5. The van der Waals surface area contributed by atoms with Crippen molar-refractivity contribution in [3.8, 4) is 0 Å². The van der Waals surface area contributed by atoms with E-state index in [9.17, 15) is 9.59 Å². The summed E-state index contributed by atoms with van der Waals surface area (Å²) in [5, 5.41) is 0. The van der Waals surface area contributed by atoms with E-state index < -0.39 is 0 Å². The zero-order valence-electron chi connectivity index (χ0n) is 13.6. The van der Waals surface area contributed by atoms with Gasteiger partial charge in [0.15, 0.2) is 0 Å². The van der Waals surface area contributed by atoms with Crippen LogP contribution in [-0.2, 0) is 14.3 Å². The summed E-state index contributed by atoms with van der Waals surface area (Å²) in [6.07, 6.45) is 2.17. The first kappa shape index (κ1) is 16.3. The summed E-state index contributed by atoms with van der Waals surface area (Å²) < 4.78 is 5.29. The standard InChI is InChI=1S/C16H28N2O3/c1-16(2,3)12-14(19)17-6-4-13(5-7-17)15(20)18-8-10-21-11-9-18/h13H,4-12H2,1-3H3. The lowest BCUT2D eigenvalue weighted by atomic mass is 9.90. The Kier molecular flexibility index (Phi) is 5.25. The number of ether oxygens (including phenoxy) is 1. The molecule has 2 aliphatic rings. The molecule has 0 N–H and O–H groups in total. The Morgan fingerprint density at radius 2 is 1.57 bits per heavy atom. The number of hydrogen-bond acceptors (Lipinski definition) is 3. The molecule has 0 radical (unpaired) electrons. The Hall–Kier alpha value is -1.10. The Bertz CT molecular complexity index is 375. The van der Waals surface area contributed by atoms with Gasteiger partial charge in [0, 0.05) is 38.5 Å². The zero-order valence-corrected chi connectivity index (χ0v) is 13.6. The Morgan fingerprint density at radius 3 is 2.10 bits per heavy atom. The van der Waals surface area contributed by atoms with Gasteiger partial charge in [-0.2, -0.15) is 0 Å². The van der Waals surface area contributed by atoms with Crippen molar-refractivity contribution >= 4 is 11.8 Å². The summed E-state index contributed by atoms with van der Waals surface area (Å²) in [6, 6.07) is 0. The van der Waals surface area contributed by atoms with Crippen LogP contribution >= 0.6 is 0 Å². The molecule has 0 aromatic heterocycles. The van der Waals surface area contributed by atoms with Gasteiger partial charge in [-0.15, -0.1) is 0 Å². The maximum atomic E-state index is 12.4. The Balaban J connectivity index is 1.80. The first-order chi connectivity index (χ1) is 9.87. The number of carbonyl (C=O) groups excluding carboxylic acids is 2. The van der Waals surface area contributed by atoms with Crippen molar-refractivity contribution in [1.82, 2.24) is 9.80 Å². The van der Waals surface area contributed by atoms with Crippen LogP contribution in [0.15, 0.2) is 0 Å². The summed E-state index contributed by atoms with van der Waals surface area (Å²) in [7, 11) is 0. The lowest BCUT2D eigenvalue weighted by Gasteiger charge is -2.36. The monoisotopic (exact) mass is 296 g/mol. The van der Waals surface area contributed by atoms with Crippen LogP contribution in [0.1, 0.15) is 40.0 Å². The number of hydrogen-bond donors (Lipinski definition) is 0. The molecule has 0 aliphatic carbocycles. The van der Waals surface area contributed by atoms with Crippen LogP contribution in [0.25, 0.3) is 0 Å². The molecule has 0 bridgehead atoms. The minimum atomic E-state index is 0.0253. The topological polar surface area (TPSA) is 49.9 Å². The van der Waals surface area contributed by atoms with Crippen LogP contribution in [0, 0.1) is 11.3 Å². The molecular formula is C16H28N2O3. The van der Waals surface area contributed by atoms with Crippen molar-refractivity contribution in [2.75, 3.05) is 39.4 Å². The lowest BCUT2D eigenvalue weighted by Crippen LogP contribution is -2.48. The lowest BCUT2D eigenvalue weighted by molar-refractivity contribution is -0.144. The molecule has 2 amide bonds. The maximum absolute atomic E-state index is 12.4. The summed E-state index contributed by atoms with van der Waals surface area (Å²) in [4.78, 5) is 28.5. The minimum Gasteiger partial charge on any atom is -0.378 e. The average molecular weight is 296 g/mol. The zero-order chi connectivity index (χ0) is 15.5. The summed E-state index contributed by atoms with van der Waals surface area (Å²) >= 11 is 0. The molecule has 0 aromatic rings. The van der Waals surface area contributed by atoms with Crippen molar-refractivity contribution in [1.29, 1.82) is 0 Å². The molecule has 0 saturated carbocycles. The fourth-order valence-electron chi connectivity index (χ4n) is 2.98. The Morgan fingerprint density at radius 1 is 1.00 bits per heavy atom. The second kappa shape index (κ2) is 6.77. The molecule has 0 spiro atoms. The van der Waals surface area contributed by atoms with Gasteiger partial charge in [0.25, 0.3) is 0 Å². The molecule has 2 rings (SSSR count). The average Bonchev–Trinajstić information content (AvgIpc) is 2.46. The van der Waals surface area contributed by atoms with Crippen molar-refractivity contribution in [3.05, 3.63) is 0 Å². The third kappa shape index (κ3) is 4.70. The van der Waals surface area contributed by atoms with Gasteiger partial charge < -0.3 is 14.5 Å². The molecule has 2 fully saturated rings. The van der Waals surface area contributed by atoms with Gasteiger partial charge in [-0.05, 0) is 18.3 Å². The van der Waals surface area contributed by atoms with Crippen molar-refractivity contribution < 1.29 is 14.3 Å². The van der Waals surface area contributed by atoms with Gasteiger partial charge in [-0.1, -0.05) is 20.8 Å². The molecule has 0 atom stereocenters. The summed E-state index contributed by atoms with van der Waals surface area (Å²) in [6.45, 7) is 10.4. The number of piperidine rings is 1. The van der Waals surface area contributed by atoms with Crippen molar-refractivity contribution in [2.24, 2.45) is 11.3 Å². The first-order valence-electron chi connectivity index (χ1n) is 8.01. The highest BCUT2D eigenvalue weighted by Gasteiger charge is 2.31. The van der Waals surface area contributed by atoms with Gasteiger partial charge >= 0.3 is 0 Å². The number of amides is 2. The molecular weight excluding hydrogens is 268 g/mol. The SMILES string of the molecule is CC(C)(C)CC(=O)N1CCC(C(=O)N2CCOCC2)CC1. The van der Waals surface area contributed by atoms with E-state index in [1.165, 1.54) is 0 Å². The highest BCUT2D eigenvalue weighted by molar-refractivity contribution is 5.80. The first-order valence-corrected chi connectivity index (χ1v) is 8.01. The third-order valence-corrected chi connectivity index (χ3v) is 4.20. The van der Waals surface area contributed by atoms with Crippen LogP contribution < -0.4 is 0 Å². The van der Waals surface area contributed by atoms with E-state index in [-0.39, 0.29) is 23.1 Å². The molecule has 5 nitrogen and oxygen atoms in total. The van der Waals surface area contributed by atoms with Gasteiger partial charge in [-0.25, -0.2) is 0 Å². The van der Waals surface area contributed by atoms with E-state index in [1.54, 1.807) is 0 Å². The molecule has 2 heterocycles. The molecule has 120 valence electrons. The number of rotatable bonds is 2.